The van der Waals surface area contributed by atoms with Crippen LogP contribution in [0, 0.1) is 5.82 Å². The zero-order chi connectivity index (χ0) is 22.6. The van der Waals surface area contributed by atoms with Gasteiger partial charge in [-0.1, -0.05) is 18.2 Å². The number of nitrogens with zero attached hydrogens (tertiary/aromatic N) is 3. The number of morpholine rings is 1. The van der Waals surface area contributed by atoms with Crippen molar-refractivity contribution in [1.29, 1.82) is 0 Å². The third-order valence-corrected chi connectivity index (χ3v) is 5.25. The largest absolute Gasteiger partial charge is 0.475 e. The Labute approximate surface area is 188 Å². The number of aliphatic imine (C=N–C) groups is 1. The molecule has 1 aliphatic rings. The standard InChI is InChI=1S/C23H32FN5O3/c1-25-23(27-16-19-4-3-9-26-22(19)32-15-14-30-2)28-17-21(29-10-12-31-13-11-29)18-5-7-20(24)8-6-18/h3-9,21H,10-17H2,1-2H3,(H2,25,27,28). The SMILES string of the molecule is CN=C(NCc1cccnc1OCCOC)NCC(c1ccc(F)cc1)N1CCOCC1. The lowest BCUT2D eigenvalue weighted by atomic mass is 10.0. The monoisotopic (exact) mass is 445 g/mol. The van der Waals surface area contributed by atoms with Gasteiger partial charge in [0.25, 0.3) is 0 Å². The van der Waals surface area contributed by atoms with Crippen molar-refractivity contribution in [3.8, 4) is 5.88 Å². The lowest BCUT2D eigenvalue weighted by Gasteiger charge is -2.35. The molecule has 1 fully saturated rings. The summed E-state index contributed by atoms with van der Waals surface area (Å²) in [4.78, 5) is 11.0. The highest BCUT2D eigenvalue weighted by atomic mass is 19.1. The van der Waals surface area contributed by atoms with E-state index in [1.807, 2.05) is 24.3 Å². The van der Waals surface area contributed by atoms with E-state index in [0.717, 1.165) is 24.2 Å². The van der Waals surface area contributed by atoms with Crippen LogP contribution in [-0.2, 0) is 16.0 Å². The molecule has 1 aliphatic heterocycles. The number of halogens is 1. The Kier molecular flexibility index (Phi) is 9.67. The van der Waals surface area contributed by atoms with Gasteiger partial charge in [0, 0.05) is 52.1 Å². The number of hydrogen-bond acceptors (Lipinski definition) is 6. The second-order valence-electron chi connectivity index (χ2n) is 7.33. The molecular formula is C23H32FN5O3. The molecule has 3 rings (SSSR count). The van der Waals surface area contributed by atoms with Crippen molar-refractivity contribution in [2.24, 2.45) is 4.99 Å². The van der Waals surface area contributed by atoms with Crippen molar-refractivity contribution in [2.45, 2.75) is 12.6 Å². The van der Waals surface area contributed by atoms with Gasteiger partial charge >= 0.3 is 0 Å². The average molecular weight is 446 g/mol. The summed E-state index contributed by atoms with van der Waals surface area (Å²) in [5.74, 6) is 1.00. The maximum atomic E-state index is 13.5. The van der Waals surface area contributed by atoms with Gasteiger partial charge in [0.15, 0.2) is 5.96 Å². The molecule has 1 aromatic heterocycles. The molecule has 2 N–H and O–H groups in total. The Morgan fingerprint density at radius 2 is 1.97 bits per heavy atom. The molecule has 2 heterocycles. The van der Waals surface area contributed by atoms with E-state index in [4.69, 9.17) is 14.2 Å². The molecule has 9 heteroatoms. The Morgan fingerprint density at radius 1 is 1.19 bits per heavy atom. The van der Waals surface area contributed by atoms with Gasteiger partial charge in [0.05, 0.1) is 25.9 Å². The van der Waals surface area contributed by atoms with E-state index in [-0.39, 0.29) is 11.9 Å². The van der Waals surface area contributed by atoms with E-state index in [1.54, 1.807) is 20.4 Å². The molecule has 0 amide bonds. The Hall–Kier alpha value is -2.75. The van der Waals surface area contributed by atoms with Gasteiger partial charge in [0.2, 0.25) is 5.88 Å². The minimum absolute atomic E-state index is 0.0735. The molecule has 0 aliphatic carbocycles. The second kappa shape index (κ2) is 12.9. The van der Waals surface area contributed by atoms with Gasteiger partial charge in [-0.15, -0.1) is 0 Å². The maximum Gasteiger partial charge on any atom is 0.218 e. The molecule has 1 aromatic carbocycles. The molecule has 1 atom stereocenters. The first kappa shape index (κ1) is 23.9. The molecule has 2 aromatic rings. The van der Waals surface area contributed by atoms with Crippen molar-refractivity contribution in [3.63, 3.8) is 0 Å². The summed E-state index contributed by atoms with van der Waals surface area (Å²) in [6.07, 6.45) is 1.70. The quantitative estimate of drug-likeness (QED) is 0.329. The molecular weight excluding hydrogens is 413 g/mol. The zero-order valence-corrected chi connectivity index (χ0v) is 18.7. The normalized spacial score (nSPS) is 15.9. The Balaban J connectivity index is 1.61. The topological polar surface area (TPSA) is 80.2 Å². The molecule has 0 radical (unpaired) electrons. The molecule has 174 valence electrons. The van der Waals surface area contributed by atoms with Crippen LogP contribution in [0.1, 0.15) is 17.2 Å². The molecule has 1 saturated heterocycles. The van der Waals surface area contributed by atoms with Gasteiger partial charge in [-0.05, 0) is 23.8 Å². The van der Waals surface area contributed by atoms with Crippen LogP contribution in [0.3, 0.4) is 0 Å². The third kappa shape index (κ3) is 7.15. The van der Waals surface area contributed by atoms with E-state index >= 15 is 0 Å². The van der Waals surface area contributed by atoms with Crippen LogP contribution in [0.25, 0.3) is 0 Å². The fourth-order valence-electron chi connectivity index (χ4n) is 3.54. The van der Waals surface area contributed by atoms with Crippen molar-refractivity contribution >= 4 is 5.96 Å². The van der Waals surface area contributed by atoms with E-state index in [0.29, 0.717) is 51.4 Å². The number of ether oxygens (including phenoxy) is 3. The van der Waals surface area contributed by atoms with E-state index in [1.165, 1.54) is 12.1 Å². The van der Waals surface area contributed by atoms with Crippen LogP contribution < -0.4 is 15.4 Å². The highest BCUT2D eigenvalue weighted by Gasteiger charge is 2.23. The van der Waals surface area contributed by atoms with Crippen LogP contribution in [0.4, 0.5) is 4.39 Å². The number of aromatic nitrogens is 1. The number of methoxy groups -OCH3 is 1. The van der Waals surface area contributed by atoms with Crippen LogP contribution in [0.2, 0.25) is 0 Å². The highest BCUT2D eigenvalue weighted by molar-refractivity contribution is 5.79. The fourth-order valence-corrected chi connectivity index (χ4v) is 3.54. The van der Waals surface area contributed by atoms with Crippen LogP contribution >= 0.6 is 0 Å². The summed E-state index contributed by atoms with van der Waals surface area (Å²) >= 11 is 0. The summed E-state index contributed by atoms with van der Waals surface area (Å²) in [6.45, 7) is 5.10. The molecule has 8 nitrogen and oxygen atoms in total. The molecule has 0 spiro atoms. The average Bonchev–Trinajstić information content (AvgIpc) is 2.84. The molecule has 1 unspecified atom stereocenters. The van der Waals surface area contributed by atoms with Crippen LogP contribution in [-0.4, -0.2) is 76.1 Å². The van der Waals surface area contributed by atoms with Gasteiger partial charge in [0.1, 0.15) is 12.4 Å². The summed E-state index contributed by atoms with van der Waals surface area (Å²) in [5.41, 5.74) is 1.98. The lowest BCUT2D eigenvalue weighted by Crippen LogP contribution is -2.46. The van der Waals surface area contributed by atoms with Gasteiger partial charge in [-0.2, -0.15) is 0 Å². The predicted octanol–water partition coefficient (Wildman–Crippen LogP) is 1.98. The third-order valence-electron chi connectivity index (χ3n) is 5.25. The van der Waals surface area contributed by atoms with Crippen molar-refractivity contribution in [3.05, 3.63) is 59.5 Å². The van der Waals surface area contributed by atoms with E-state index < -0.39 is 0 Å². The smallest absolute Gasteiger partial charge is 0.218 e. The zero-order valence-electron chi connectivity index (χ0n) is 18.7. The first-order valence-electron chi connectivity index (χ1n) is 10.8. The van der Waals surface area contributed by atoms with Gasteiger partial charge in [-0.25, -0.2) is 9.37 Å². The number of hydrogen-bond donors (Lipinski definition) is 2. The first-order valence-corrected chi connectivity index (χ1v) is 10.8. The minimum Gasteiger partial charge on any atom is -0.475 e. The molecule has 0 saturated carbocycles. The van der Waals surface area contributed by atoms with Crippen LogP contribution in [0.5, 0.6) is 5.88 Å². The lowest BCUT2D eigenvalue weighted by molar-refractivity contribution is 0.0170. The van der Waals surface area contributed by atoms with E-state index in [2.05, 4.69) is 25.5 Å². The highest BCUT2D eigenvalue weighted by Crippen LogP contribution is 2.21. The number of benzene rings is 1. The number of nitrogens with one attached hydrogen (secondary N) is 2. The number of guanidine groups is 1. The summed E-state index contributed by atoms with van der Waals surface area (Å²) in [7, 11) is 3.37. The first-order chi connectivity index (χ1) is 15.7. The predicted molar refractivity (Wildman–Crippen MR) is 121 cm³/mol. The molecule has 32 heavy (non-hydrogen) atoms. The van der Waals surface area contributed by atoms with E-state index in [9.17, 15) is 4.39 Å². The van der Waals surface area contributed by atoms with Crippen LogP contribution in [0.15, 0.2) is 47.6 Å². The second-order valence-corrected chi connectivity index (χ2v) is 7.33. The fraction of sp³-hybridized carbons (Fsp3) is 0.478. The van der Waals surface area contributed by atoms with Crippen molar-refractivity contribution in [2.75, 3.05) is 60.2 Å². The number of pyridine rings is 1. The summed E-state index contributed by atoms with van der Waals surface area (Å²) in [6, 6.07) is 10.6. The Morgan fingerprint density at radius 3 is 2.69 bits per heavy atom. The minimum atomic E-state index is -0.236. The maximum absolute atomic E-state index is 13.5. The van der Waals surface area contributed by atoms with Crippen molar-refractivity contribution in [1.82, 2.24) is 20.5 Å². The number of rotatable bonds is 10. The van der Waals surface area contributed by atoms with Gasteiger partial charge < -0.3 is 24.8 Å². The van der Waals surface area contributed by atoms with Crippen molar-refractivity contribution < 1.29 is 18.6 Å². The van der Waals surface area contributed by atoms with Gasteiger partial charge in [-0.3, -0.25) is 9.89 Å². The summed E-state index contributed by atoms with van der Waals surface area (Å²) < 4.78 is 29.7. The Bertz CT molecular complexity index is 844. The molecule has 0 bridgehead atoms. The summed E-state index contributed by atoms with van der Waals surface area (Å²) in [5, 5.41) is 6.72.